The SMILES string of the molecule is COc1ccc(C(=O)NCc2ccc(COCC(F)(F)F)cc2)c(F)c1. The van der Waals surface area contributed by atoms with Crippen LogP contribution in [0.4, 0.5) is 17.6 Å². The van der Waals surface area contributed by atoms with Crippen LogP contribution in [0.3, 0.4) is 0 Å². The molecule has 2 rings (SSSR count). The van der Waals surface area contributed by atoms with Gasteiger partial charge in [0.2, 0.25) is 0 Å². The molecular weight excluding hydrogens is 354 g/mol. The van der Waals surface area contributed by atoms with Gasteiger partial charge in [-0.15, -0.1) is 0 Å². The van der Waals surface area contributed by atoms with Crippen LogP contribution in [0.1, 0.15) is 21.5 Å². The summed E-state index contributed by atoms with van der Waals surface area (Å²) in [5.74, 6) is -0.968. The van der Waals surface area contributed by atoms with Crippen LogP contribution in [0.5, 0.6) is 5.75 Å². The summed E-state index contributed by atoms with van der Waals surface area (Å²) in [4.78, 5) is 12.0. The highest BCUT2D eigenvalue weighted by Crippen LogP contribution is 2.17. The van der Waals surface area contributed by atoms with Crippen LogP contribution in [0.15, 0.2) is 42.5 Å². The van der Waals surface area contributed by atoms with Gasteiger partial charge in [0.1, 0.15) is 18.2 Å². The van der Waals surface area contributed by atoms with Crippen molar-refractivity contribution in [3.05, 3.63) is 65.0 Å². The van der Waals surface area contributed by atoms with Gasteiger partial charge < -0.3 is 14.8 Å². The van der Waals surface area contributed by atoms with Crippen LogP contribution in [0.25, 0.3) is 0 Å². The second kappa shape index (κ2) is 8.66. The van der Waals surface area contributed by atoms with Gasteiger partial charge in [0.25, 0.3) is 5.91 Å². The molecule has 0 radical (unpaired) electrons. The van der Waals surface area contributed by atoms with E-state index in [0.717, 1.165) is 6.07 Å². The number of rotatable bonds is 7. The number of ether oxygens (including phenoxy) is 2. The van der Waals surface area contributed by atoms with Gasteiger partial charge >= 0.3 is 6.18 Å². The molecule has 0 saturated carbocycles. The Morgan fingerprint density at radius 3 is 2.31 bits per heavy atom. The molecule has 8 heteroatoms. The minimum atomic E-state index is -4.36. The Balaban J connectivity index is 1.86. The molecule has 140 valence electrons. The summed E-state index contributed by atoms with van der Waals surface area (Å²) in [5.41, 5.74) is 1.18. The Morgan fingerprint density at radius 2 is 1.73 bits per heavy atom. The van der Waals surface area contributed by atoms with Crippen molar-refractivity contribution in [3.8, 4) is 5.75 Å². The minimum absolute atomic E-state index is 0.108. The number of hydrogen-bond donors (Lipinski definition) is 1. The van der Waals surface area contributed by atoms with E-state index in [0.29, 0.717) is 16.9 Å². The summed E-state index contributed by atoms with van der Waals surface area (Å²) in [6, 6.07) is 10.4. The van der Waals surface area contributed by atoms with Crippen LogP contribution in [0, 0.1) is 5.82 Å². The number of carbonyl (C=O) groups excluding carboxylic acids is 1. The van der Waals surface area contributed by atoms with Crippen LogP contribution < -0.4 is 10.1 Å². The molecule has 0 heterocycles. The maximum atomic E-state index is 13.8. The molecule has 2 aromatic carbocycles. The highest BCUT2D eigenvalue weighted by molar-refractivity contribution is 5.94. The lowest BCUT2D eigenvalue weighted by molar-refractivity contribution is -0.176. The summed E-state index contributed by atoms with van der Waals surface area (Å²) in [6.07, 6.45) is -4.36. The summed E-state index contributed by atoms with van der Waals surface area (Å²) in [7, 11) is 1.40. The largest absolute Gasteiger partial charge is 0.497 e. The molecule has 0 aliphatic heterocycles. The maximum absolute atomic E-state index is 13.8. The first-order valence-corrected chi connectivity index (χ1v) is 7.62. The Bertz CT molecular complexity index is 745. The fourth-order valence-electron chi connectivity index (χ4n) is 2.12. The van der Waals surface area contributed by atoms with E-state index >= 15 is 0 Å². The topological polar surface area (TPSA) is 47.6 Å². The van der Waals surface area contributed by atoms with Crippen molar-refractivity contribution >= 4 is 5.91 Å². The van der Waals surface area contributed by atoms with Crippen LogP contribution in [0.2, 0.25) is 0 Å². The molecule has 0 aliphatic rings. The summed E-state index contributed by atoms with van der Waals surface area (Å²) in [5, 5.41) is 2.58. The fourth-order valence-corrected chi connectivity index (χ4v) is 2.12. The lowest BCUT2D eigenvalue weighted by atomic mass is 10.1. The van der Waals surface area contributed by atoms with Gasteiger partial charge in [-0.2, -0.15) is 13.2 Å². The summed E-state index contributed by atoms with van der Waals surface area (Å²) in [6.45, 7) is -1.32. The van der Waals surface area contributed by atoms with Gasteiger partial charge in [-0.3, -0.25) is 4.79 Å². The third kappa shape index (κ3) is 6.03. The Labute approximate surface area is 147 Å². The fraction of sp³-hybridized carbons (Fsp3) is 0.278. The zero-order valence-electron chi connectivity index (χ0n) is 13.9. The van der Waals surface area contributed by atoms with E-state index < -0.39 is 24.5 Å². The van der Waals surface area contributed by atoms with Crippen LogP contribution in [-0.4, -0.2) is 25.8 Å². The molecular formula is C18H17F4NO3. The van der Waals surface area contributed by atoms with E-state index in [-0.39, 0.29) is 18.7 Å². The van der Waals surface area contributed by atoms with Crippen LogP contribution >= 0.6 is 0 Å². The number of halogens is 4. The number of benzene rings is 2. The predicted octanol–water partition coefficient (Wildman–Crippen LogP) is 3.84. The Hall–Kier alpha value is -2.61. The first kappa shape index (κ1) is 19.7. The second-order valence-corrected chi connectivity index (χ2v) is 5.45. The standard InChI is InChI=1S/C18H17F4NO3/c1-25-14-6-7-15(16(19)8-14)17(24)23-9-12-2-4-13(5-3-12)10-26-11-18(20,21)22/h2-8H,9-11H2,1H3,(H,23,24). The van der Waals surface area contributed by atoms with Gasteiger partial charge in [0, 0.05) is 12.6 Å². The number of amides is 1. The Kier molecular flexibility index (Phi) is 6.57. The first-order chi connectivity index (χ1) is 12.3. The van der Waals surface area contributed by atoms with Crippen molar-refractivity contribution < 1.29 is 31.8 Å². The van der Waals surface area contributed by atoms with Gasteiger partial charge in [-0.25, -0.2) is 4.39 Å². The minimum Gasteiger partial charge on any atom is -0.497 e. The number of carbonyl (C=O) groups is 1. The first-order valence-electron chi connectivity index (χ1n) is 7.62. The summed E-state index contributed by atoms with van der Waals surface area (Å²) >= 11 is 0. The van der Waals surface area contributed by atoms with E-state index in [2.05, 4.69) is 10.1 Å². The number of methoxy groups -OCH3 is 1. The molecule has 0 aromatic heterocycles. The van der Waals surface area contributed by atoms with Crippen molar-refractivity contribution in [2.45, 2.75) is 19.3 Å². The highest BCUT2D eigenvalue weighted by Gasteiger charge is 2.27. The number of hydrogen-bond acceptors (Lipinski definition) is 3. The zero-order chi connectivity index (χ0) is 19.2. The molecule has 0 atom stereocenters. The van der Waals surface area contributed by atoms with Gasteiger partial charge in [0.15, 0.2) is 0 Å². The third-order valence-corrected chi connectivity index (χ3v) is 3.43. The average Bonchev–Trinajstić information content (AvgIpc) is 2.59. The lowest BCUT2D eigenvalue weighted by Crippen LogP contribution is -2.23. The normalized spacial score (nSPS) is 11.3. The third-order valence-electron chi connectivity index (χ3n) is 3.43. The molecule has 0 bridgehead atoms. The molecule has 2 aromatic rings. The van der Waals surface area contributed by atoms with E-state index in [1.54, 1.807) is 24.3 Å². The molecule has 0 fully saturated rings. The van der Waals surface area contributed by atoms with Crippen molar-refractivity contribution in [1.29, 1.82) is 0 Å². The molecule has 0 spiro atoms. The smallest absolute Gasteiger partial charge is 0.411 e. The monoisotopic (exact) mass is 371 g/mol. The molecule has 0 unspecified atom stereocenters. The Morgan fingerprint density at radius 1 is 1.08 bits per heavy atom. The number of nitrogens with one attached hydrogen (secondary N) is 1. The molecule has 26 heavy (non-hydrogen) atoms. The maximum Gasteiger partial charge on any atom is 0.411 e. The highest BCUT2D eigenvalue weighted by atomic mass is 19.4. The van der Waals surface area contributed by atoms with E-state index in [1.165, 1.54) is 19.2 Å². The van der Waals surface area contributed by atoms with Crippen molar-refractivity contribution in [1.82, 2.24) is 5.32 Å². The zero-order valence-corrected chi connectivity index (χ0v) is 13.9. The van der Waals surface area contributed by atoms with Gasteiger partial charge in [0.05, 0.1) is 19.3 Å². The van der Waals surface area contributed by atoms with Crippen molar-refractivity contribution in [2.24, 2.45) is 0 Å². The van der Waals surface area contributed by atoms with Crippen molar-refractivity contribution in [3.63, 3.8) is 0 Å². The number of alkyl halides is 3. The molecule has 0 aliphatic carbocycles. The molecule has 1 N–H and O–H groups in total. The summed E-state index contributed by atoms with van der Waals surface area (Å²) < 4.78 is 59.3. The predicted molar refractivity (Wildman–Crippen MR) is 86.3 cm³/mol. The van der Waals surface area contributed by atoms with E-state index in [9.17, 15) is 22.4 Å². The average molecular weight is 371 g/mol. The van der Waals surface area contributed by atoms with E-state index in [1.807, 2.05) is 0 Å². The van der Waals surface area contributed by atoms with Crippen molar-refractivity contribution in [2.75, 3.05) is 13.7 Å². The molecule has 0 saturated heterocycles. The molecule has 1 amide bonds. The second-order valence-electron chi connectivity index (χ2n) is 5.45. The quantitative estimate of drug-likeness (QED) is 0.753. The van der Waals surface area contributed by atoms with Gasteiger partial charge in [-0.1, -0.05) is 24.3 Å². The van der Waals surface area contributed by atoms with E-state index in [4.69, 9.17) is 4.74 Å². The molecule has 4 nitrogen and oxygen atoms in total. The van der Waals surface area contributed by atoms with Crippen LogP contribution in [-0.2, 0) is 17.9 Å². The lowest BCUT2D eigenvalue weighted by Gasteiger charge is -2.09. The van der Waals surface area contributed by atoms with Gasteiger partial charge in [-0.05, 0) is 23.3 Å².